The van der Waals surface area contributed by atoms with Crippen LogP contribution in [-0.2, 0) is 0 Å². The van der Waals surface area contributed by atoms with Gasteiger partial charge in [-0.05, 0) is 31.0 Å². The standard InChI is InChI=1S/C14H18ClN5/c1-2-19-5-3-13(4-6-19)20-10-12(9-18-20)11-7-16-14(15)17-8-11/h7-10,13H,2-6H2,1H3. The average molecular weight is 292 g/mol. The fourth-order valence-corrected chi connectivity index (χ4v) is 2.75. The molecule has 106 valence electrons. The third-order valence-corrected chi connectivity index (χ3v) is 4.13. The van der Waals surface area contributed by atoms with Crippen molar-refractivity contribution >= 4 is 11.6 Å². The van der Waals surface area contributed by atoms with Crippen LogP contribution in [0.2, 0.25) is 5.28 Å². The van der Waals surface area contributed by atoms with Crippen molar-refractivity contribution in [3.05, 3.63) is 30.1 Å². The second-order valence-corrected chi connectivity index (χ2v) is 5.45. The first-order valence-electron chi connectivity index (χ1n) is 7.00. The molecule has 0 atom stereocenters. The van der Waals surface area contributed by atoms with Gasteiger partial charge < -0.3 is 4.90 Å². The van der Waals surface area contributed by atoms with Gasteiger partial charge in [0.2, 0.25) is 5.28 Å². The first kappa shape index (κ1) is 13.5. The van der Waals surface area contributed by atoms with Gasteiger partial charge in [-0.2, -0.15) is 5.10 Å². The zero-order valence-electron chi connectivity index (χ0n) is 11.5. The number of hydrogen-bond donors (Lipinski definition) is 0. The minimum Gasteiger partial charge on any atom is -0.303 e. The molecule has 1 aliphatic rings. The highest BCUT2D eigenvalue weighted by atomic mass is 35.5. The zero-order chi connectivity index (χ0) is 13.9. The van der Waals surface area contributed by atoms with Gasteiger partial charge in [-0.3, -0.25) is 4.68 Å². The molecule has 0 unspecified atom stereocenters. The summed E-state index contributed by atoms with van der Waals surface area (Å²) < 4.78 is 2.08. The van der Waals surface area contributed by atoms with Crippen molar-refractivity contribution in [2.75, 3.05) is 19.6 Å². The van der Waals surface area contributed by atoms with E-state index in [1.807, 2.05) is 6.20 Å². The van der Waals surface area contributed by atoms with Gasteiger partial charge in [0, 0.05) is 42.8 Å². The van der Waals surface area contributed by atoms with Crippen molar-refractivity contribution in [1.29, 1.82) is 0 Å². The molecule has 0 spiro atoms. The maximum Gasteiger partial charge on any atom is 0.222 e. The molecule has 1 fully saturated rings. The smallest absolute Gasteiger partial charge is 0.222 e. The Bertz CT molecular complexity index is 557. The molecule has 0 N–H and O–H groups in total. The third-order valence-electron chi connectivity index (χ3n) is 3.93. The summed E-state index contributed by atoms with van der Waals surface area (Å²) >= 11 is 5.71. The van der Waals surface area contributed by atoms with Gasteiger partial charge in [0.1, 0.15) is 0 Å². The van der Waals surface area contributed by atoms with E-state index in [0.29, 0.717) is 6.04 Å². The molecule has 3 heterocycles. The van der Waals surface area contributed by atoms with E-state index in [4.69, 9.17) is 11.6 Å². The Balaban J connectivity index is 1.72. The number of piperidine rings is 1. The van der Waals surface area contributed by atoms with Crippen LogP contribution < -0.4 is 0 Å². The second kappa shape index (κ2) is 5.89. The summed E-state index contributed by atoms with van der Waals surface area (Å²) in [5.41, 5.74) is 1.99. The van der Waals surface area contributed by atoms with E-state index in [1.165, 1.54) is 0 Å². The second-order valence-electron chi connectivity index (χ2n) is 5.12. The highest BCUT2D eigenvalue weighted by molar-refractivity contribution is 6.28. The summed E-state index contributed by atoms with van der Waals surface area (Å²) in [7, 11) is 0. The Morgan fingerprint density at radius 2 is 1.85 bits per heavy atom. The summed E-state index contributed by atoms with van der Waals surface area (Å²) in [5.74, 6) is 0. The molecule has 0 aromatic carbocycles. The minimum atomic E-state index is 0.271. The van der Waals surface area contributed by atoms with E-state index in [2.05, 4.69) is 37.8 Å². The van der Waals surface area contributed by atoms with Crippen molar-refractivity contribution in [3.8, 4) is 11.1 Å². The van der Waals surface area contributed by atoms with E-state index in [1.54, 1.807) is 12.4 Å². The Labute approximate surface area is 123 Å². The first-order valence-corrected chi connectivity index (χ1v) is 7.38. The third kappa shape index (κ3) is 2.83. The molecule has 2 aromatic rings. The van der Waals surface area contributed by atoms with Crippen LogP contribution in [0.4, 0.5) is 0 Å². The Kier molecular flexibility index (Phi) is 3.98. The largest absolute Gasteiger partial charge is 0.303 e. The number of rotatable bonds is 3. The van der Waals surface area contributed by atoms with E-state index < -0.39 is 0 Å². The monoisotopic (exact) mass is 291 g/mol. The van der Waals surface area contributed by atoms with Crippen LogP contribution in [0.5, 0.6) is 0 Å². The number of aromatic nitrogens is 4. The van der Waals surface area contributed by atoms with Crippen LogP contribution in [0.1, 0.15) is 25.8 Å². The highest BCUT2D eigenvalue weighted by Crippen LogP contribution is 2.24. The van der Waals surface area contributed by atoms with Gasteiger partial charge >= 0.3 is 0 Å². The normalized spacial score (nSPS) is 17.5. The number of halogens is 1. The maximum atomic E-state index is 5.71. The molecule has 0 saturated carbocycles. The molecule has 1 saturated heterocycles. The van der Waals surface area contributed by atoms with Crippen LogP contribution in [0, 0.1) is 0 Å². The molecule has 3 rings (SSSR count). The topological polar surface area (TPSA) is 46.8 Å². The lowest BCUT2D eigenvalue weighted by Crippen LogP contribution is -2.34. The molecular weight excluding hydrogens is 274 g/mol. The van der Waals surface area contributed by atoms with Gasteiger partial charge in [0.15, 0.2) is 0 Å². The summed E-state index contributed by atoms with van der Waals surface area (Å²) in [5, 5.41) is 4.77. The van der Waals surface area contributed by atoms with Crippen molar-refractivity contribution in [1.82, 2.24) is 24.6 Å². The van der Waals surface area contributed by atoms with E-state index in [9.17, 15) is 0 Å². The molecule has 0 radical (unpaired) electrons. The summed E-state index contributed by atoms with van der Waals surface area (Å²) in [6.07, 6.45) is 9.74. The maximum absolute atomic E-state index is 5.71. The van der Waals surface area contributed by atoms with Gasteiger partial charge in [0.05, 0.1) is 12.2 Å². The molecular formula is C14H18ClN5. The minimum absolute atomic E-state index is 0.271. The number of hydrogen-bond acceptors (Lipinski definition) is 4. The fraction of sp³-hybridized carbons (Fsp3) is 0.500. The van der Waals surface area contributed by atoms with Crippen molar-refractivity contribution in [3.63, 3.8) is 0 Å². The predicted molar refractivity (Wildman–Crippen MR) is 78.6 cm³/mol. The fourth-order valence-electron chi connectivity index (χ4n) is 2.65. The van der Waals surface area contributed by atoms with E-state index >= 15 is 0 Å². The first-order chi connectivity index (χ1) is 9.76. The van der Waals surface area contributed by atoms with Crippen LogP contribution in [0.15, 0.2) is 24.8 Å². The molecule has 6 heteroatoms. The van der Waals surface area contributed by atoms with Crippen molar-refractivity contribution < 1.29 is 0 Å². The molecule has 20 heavy (non-hydrogen) atoms. The van der Waals surface area contributed by atoms with Crippen LogP contribution >= 0.6 is 11.6 Å². The number of likely N-dealkylation sites (tertiary alicyclic amines) is 1. The SMILES string of the molecule is CCN1CCC(n2cc(-c3cnc(Cl)nc3)cn2)CC1. The Morgan fingerprint density at radius 3 is 2.50 bits per heavy atom. The molecule has 2 aromatic heterocycles. The van der Waals surface area contributed by atoms with Crippen molar-refractivity contribution in [2.24, 2.45) is 0 Å². The zero-order valence-corrected chi connectivity index (χ0v) is 12.3. The summed E-state index contributed by atoms with van der Waals surface area (Å²) in [6.45, 7) is 5.66. The quantitative estimate of drug-likeness (QED) is 0.816. The molecule has 0 aliphatic carbocycles. The van der Waals surface area contributed by atoms with Gasteiger partial charge in [-0.25, -0.2) is 9.97 Å². The van der Waals surface area contributed by atoms with Crippen LogP contribution in [-0.4, -0.2) is 44.3 Å². The summed E-state index contributed by atoms with van der Waals surface area (Å²) in [6, 6.07) is 0.500. The van der Waals surface area contributed by atoms with E-state index in [-0.39, 0.29) is 5.28 Å². The average Bonchev–Trinajstić information content (AvgIpc) is 2.98. The molecule has 5 nitrogen and oxygen atoms in total. The Morgan fingerprint density at radius 1 is 1.15 bits per heavy atom. The summed E-state index contributed by atoms with van der Waals surface area (Å²) in [4.78, 5) is 10.5. The van der Waals surface area contributed by atoms with Crippen LogP contribution in [0.3, 0.4) is 0 Å². The van der Waals surface area contributed by atoms with Crippen LogP contribution in [0.25, 0.3) is 11.1 Å². The van der Waals surface area contributed by atoms with Gasteiger partial charge in [-0.15, -0.1) is 0 Å². The molecule has 0 amide bonds. The molecule has 0 bridgehead atoms. The lowest BCUT2D eigenvalue weighted by atomic mass is 10.1. The lowest BCUT2D eigenvalue weighted by Gasteiger charge is -2.31. The Hall–Kier alpha value is -1.46. The lowest BCUT2D eigenvalue weighted by molar-refractivity contribution is 0.187. The van der Waals surface area contributed by atoms with Gasteiger partial charge in [-0.1, -0.05) is 6.92 Å². The van der Waals surface area contributed by atoms with Crippen molar-refractivity contribution in [2.45, 2.75) is 25.8 Å². The molecule has 1 aliphatic heterocycles. The van der Waals surface area contributed by atoms with Gasteiger partial charge in [0.25, 0.3) is 0 Å². The highest BCUT2D eigenvalue weighted by Gasteiger charge is 2.20. The van der Waals surface area contributed by atoms with E-state index in [0.717, 1.165) is 43.6 Å². The number of nitrogens with zero attached hydrogens (tertiary/aromatic N) is 5. The predicted octanol–water partition coefficient (Wildman–Crippen LogP) is 2.65.